The third-order valence-corrected chi connectivity index (χ3v) is 4.80. The van der Waals surface area contributed by atoms with Gasteiger partial charge in [0.05, 0.1) is 16.7 Å². The summed E-state index contributed by atoms with van der Waals surface area (Å²) in [6.07, 6.45) is 0. The summed E-state index contributed by atoms with van der Waals surface area (Å²) >= 11 is 0. The van der Waals surface area contributed by atoms with Crippen LogP contribution in [0.4, 0.5) is 0 Å². The number of hydrogen-bond donors (Lipinski definition) is 1. The number of carbonyl (C=O) groups excluding carboxylic acids is 1. The smallest absolute Gasteiger partial charge is 0.271 e. The molecule has 4 rings (SSSR count). The summed E-state index contributed by atoms with van der Waals surface area (Å²) in [5.41, 5.74) is 6.50. The molecule has 1 amide bonds. The zero-order valence-electron chi connectivity index (χ0n) is 16.2. The van der Waals surface area contributed by atoms with Crippen molar-refractivity contribution in [2.45, 2.75) is 27.3 Å². The van der Waals surface area contributed by atoms with Crippen LogP contribution in [0.2, 0.25) is 0 Å². The second-order valence-electron chi connectivity index (χ2n) is 6.60. The lowest BCUT2D eigenvalue weighted by Crippen LogP contribution is -2.19. The Kier molecular flexibility index (Phi) is 4.73. The van der Waals surface area contributed by atoms with Crippen LogP contribution in [0.15, 0.2) is 41.5 Å². The molecule has 0 radical (unpaired) electrons. The fourth-order valence-electron chi connectivity index (χ4n) is 3.32. The van der Waals surface area contributed by atoms with Crippen LogP contribution in [0.25, 0.3) is 11.0 Å². The molecule has 0 unspecified atom stereocenters. The number of hydrazone groups is 1. The van der Waals surface area contributed by atoms with Crippen LogP contribution in [0.3, 0.4) is 0 Å². The van der Waals surface area contributed by atoms with Crippen molar-refractivity contribution in [2.24, 2.45) is 5.10 Å². The Balaban J connectivity index is 1.52. The lowest BCUT2D eigenvalue weighted by atomic mass is 10.1. The van der Waals surface area contributed by atoms with Gasteiger partial charge in [-0.3, -0.25) is 4.79 Å². The summed E-state index contributed by atoms with van der Waals surface area (Å²) < 4.78 is 13.2. The number of amides is 1. The molecule has 0 atom stereocenters. The molecule has 0 bridgehead atoms. The number of nitrogens with one attached hydrogen (secondary N) is 1. The van der Waals surface area contributed by atoms with Crippen molar-refractivity contribution < 1.29 is 14.3 Å². The van der Waals surface area contributed by atoms with E-state index in [1.54, 1.807) is 12.1 Å². The third kappa shape index (κ3) is 3.31. The zero-order valence-corrected chi connectivity index (χ0v) is 16.2. The van der Waals surface area contributed by atoms with E-state index < -0.39 is 0 Å². The van der Waals surface area contributed by atoms with Gasteiger partial charge in [0.15, 0.2) is 11.5 Å². The van der Waals surface area contributed by atoms with Crippen LogP contribution < -0.4 is 14.9 Å². The first-order valence-corrected chi connectivity index (χ1v) is 9.28. The Morgan fingerprint density at radius 2 is 1.89 bits per heavy atom. The summed E-state index contributed by atoms with van der Waals surface area (Å²) in [4.78, 5) is 17.1. The van der Waals surface area contributed by atoms with E-state index in [0.717, 1.165) is 34.7 Å². The fraction of sp³-hybridized carbons (Fsp3) is 0.286. The highest BCUT2D eigenvalue weighted by Gasteiger charge is 2.14. The number of nitrogens with zero attached hydrogens (tertiary/aromatic N) is 3. The van der Waals surface area contributed by atoms with Gasteiger partial charge in [-0.15, -0.1) is 0 Å². The van der Waals surface area contributed by atoms with Crippen molar-refractivity contribution in [2.75, 3.05) is 13.2 Å². The lowest BCUT2D eigenvalue weighted by Gasteiger charge is -2.18. The van der Waals surface area contributed by atoms with E-state index in [9.17, 15) is 4.79 Å². The van der Waals surface area contributed by atoms with Crippen LogP contribution >= 0.6 is 0 Å². The molecule has 0 fully saturated rings. The van der Waals surface area contributed by atoms with E-state index in [1.165, 1.54) is 0 Å². The molecule has 0 aliphatic carbocycles. The zero-order chi connectivity index (χ0) is 19.7. The molecule has 1 aliphatic heterocycles. The van der Waals surface area contributed by atoms with Gasteiger partial charge in [0.2, 0.25) is 0 Å². The molecule has 3 aromatic rings. The van der Waals surface area contributed by atoms with Crippen molar-refractivity contribution in [3.8, 4) is 11.5 Å². The first-order chi connectivity index (χ1) is 13.6. The second-order valence-corrected chi connectivity index (χ2v) is 6.60. The summed E-state index contributed by atoms with van der Waals surface area (Å²) in [7, 11) is 0. The van der Waals surface area contributed by atoms with Gasteiger partial charge in [-0.25, -0.2) is 10.4 Å². The lowest BCUT2D eigenvalue weighted by molar-refractivity contribution is 0.0955. The molecule has 0 saturated carbocycles. The van der Waals surface area contributed by atoms with Gasteiger partial charge in [0.25, 0.3) is 5.91 Å². The van der Waals surface area contributed by atoms with E-state index >= 15 is 0 Å². The normalized spacial score (nSPS) is 13.6. The summed E-state index contributed by atoms with van der Waals surface area (Å²) in [5, 5.41) is 4.23. The van der Waals surface area contributed by atoms with Crippen molar-refractivity contribution in [1.29, 1.82) is 0 Å². The summed E-state index contributed by atoms with van der Waals surface area (Å²) in [5.74, 6) is 2.07. The minimum atomic E-state index is -0.275. The quantitative estimate of drug-likeness (QED) is 0.558. The predicted octanol–water partition coefficient (Wildman–Crippen LogP) is 3.29. The first-order valence-electron chi connectivity index (χ1n) is 9.28. The molecule has 2 heterocycles. The molecular weight excluding hydrogens is 356 g/mol. The SMILES string of the molecule is CCn1c(C)nc2cc(C(=O)N/N=C(\C)c3ccc4c(c3)OCCO4)ccc21. The van der Waals surface area contributed by atoms with Gasteiger partial charge in [-0.05, 0) is 57.2 Å². The van der Waals surface area contributed by atoms with Gasteiger partial charge in [-0.2, -0.15) is 5.10 Å². The number of rotatable bonds is 4. The van der Waals surface area contributed by atoms with Gasteiger partial charge in [0.1, 0.15) is 19.0 Å². The molecule has 1 N–H and O–H groups in total. The average Bonchev–Trinajstić information content (AvgIpc) is 3.05. The number of imidazole rings is 1. The van der Waals surface area contributed by atoms with E-state index in [-0.39, 0.29) is 5.91 Å². The number of fused-ring (bicyclic) bond motifs is 2. The minimum absolute atomic E-state index is 0.275. The number of ether oxygens (including phenoxy) is 2. The Bertz CT molecular complexity index is 1080. The van der Waals surface area contributed by atoms with Crippen molar-refractivity contribution in [1.82, 2.24) is 15.0 Å². The van der Waals surface area contributed by atoms with E-state index in [2.05, 4.69) is 27.0 Å². The van der Waals surface area contributed by atoms with Gasteiger partial charge < -0.3 is 14.0 Å². The minimum Gasteiger partial charge on any atom is -0.486 e. The Hall–Kier alpha value is -3.35. The van der Waals surface area contributed by atoms with Gasteiger partial charge in [-0.1, -0.05) is 0 Å². The highest BCUT2D eigenvalue weighted by atomic mass is 16.6. The fourth-order valence-corrected chi connectivity index (χ4v) is 3.32. The molecule has 1 aromatic heterocycles. The maximum absolute atomic E-state index is 12.5. The molecule has 144 valence electrons. The molecule has 7 nitrogen and oxygen atoms in total. The topological polar surface area (TPSA) is 77.7 Å². The number of aryl methyl sites for hydroxylation is 2. The maximum Gasteiger partial charge on any atom is 0.271 e. The molecule has 0 spiro atoms. The highest BCUT2D eigenvalue weighted by Crippen LogP contribution is 2.30. The van der Waals surface area contributed by atoms with Crippen LogP contribution in [-0.4, -0.2) is 34.4 Å². The molecule has 28 heavy (non-hydrogen) atoms. The maximum atomic E-state index is 12.5. The van der Waals surface area contributed by atoms with E-state index in [1.807, 2.05) is 38.1 Å². The largest absolute Gasteiger partial charge is 0.486 e. The Morgan fingerprint density at radius 1 is 1.14 bits per heavy atom. The third-order valence-electron chi connectivity index (χ3n) is 4.80. The van der Waals surface area contributed by atoms with Crippen LogP contribution in [0, 0.1) is 6.92 Å². The van der Waals surface area contributed by atoms with Crippen LogP contribution in [0.5, 0.6) is 11.5 Å². The van der Waals surface area contributed by atoms with Crippen LogP contribution in [0.1, 0.15) is 35.6 Å². The number of carbonyl (C=O) groups is 1. The van der Waals surface area contributed by atoms with Crippen molar-refractivity contribution in [3.63, 3.8) is 0 Å². The van der Waals surface area contributed by atoms with Crippen molar-refractivity contribution in [3.05, 3.63) is 53.3 Å². The highest BCUT2D eigenvalue weighted by molar-refractivity contribution is 6.02. The monoisotopic (exact) mass is 378 g/mol. The Labute approximate surface area is 163 Å². The number of aromatic nitrogens is 2. The van der Waals surface area contributed by atoms with E-state index in [0.29, 0.717) is 30.2 Å². The molecule has 1 aliphatic rings. The molecule has 2 aromatic carbocycles. The Morgan fingerprint density at radius 3 is 2.68 bits per heavy atom. The predicted molar refractivity (Wildman–Crippen MR) is 107 cm³/mol. The van der Waals surface area contributed by atoms with Crippen molar-refractivity contribution >= 4 is 22.7 Å². The average molecular weight is 378 g/mol. The van der Waals surface area contributed by atoms with Gasteiger partial charge in [0, 0.05) is 17.7 Å². The molecular formula is C21H22N4O3. The van der Waals surface area contributed by atoms with E-state index in [4.69, 9.17) is 9.47 Å². The summed E-state index contributed by atoms with van der Waals surface area (Å²) in [6, 6.07) is 11.1. The standard InChI is InChI=1S/C21H22N4O3/c1-4-25-14(3)22-17-11-16(5-7-18(17)25)21(26)24-23-13(2)15-6-8-19-20(12-15)28-10-9-27-19/h5-8,11-12H,4,9-10H2,1-3H3,(H,24,26)/b23-13+. The van der Waals surface area contributed by atoms with Crippen LogP contribution in [-0.2, 0) is 6.54 Å². The number of hydrogen-bond acceptors (Lipinski definition) is 5. The summed E-state index contributed by atoms with van der Waals surface area (Å²) in [6.45, 7) is 7.79. The molecule has 0 saturated heterocycles. The molecule has 7 heteroatoms. The first kappa shape index (κ1) is 18.0. The van der Waals surface area contributed by atoms with Gasteiger partial charge >= 0.3 is 0 Å². The number of benzene rings is 2. The second kappa shape index (κ2) is 7.34.